The lowest BCUT2D eigenvalue weighted by atomic mass is 9.91. The third-order valence-corrected chi connectivity index (χ3v) is 9.21. The summed E-state index contributed by atoms with van der Waals surface area (Å²) in [5, 5.41) is 11.8. The number of nitrogens with zero attached hydrogens (tertiary/aromatic N) is 1. The Bertz CT molecular complexity index is 1140. The topological polar surface area (TPSA) is 114 Å². The van der Waals surface area contributed by atoms with E-state index in [9.17, 15) is 14.4 Å². The largest absolute Gasteiger partial charge is 0.455 e. The van der Waals surface area contributed by atoms with Crippen LogP contribution in [0.2, 0.25) is 0 Å². The smallest absolute Gasteiger partial charge is 0.339 e. The number of likely N-dealkylation sites (tertiary alicyclic amines) is 1. The fourth-order valence-electron chi connectivity index (χ4n) is 6.15. The van der Waals surface area contributed by atoms with Crippen LogP contribution < -0.4 is 5.32 Å². The zero-order valence-corrected chi connectivity index (χ0v) is 23.3. The summed E-state index contributed by atoms with van der Waals surface area (Å²) < 4.78 is 20.2. The highest BCUT2D eigenvalue weighted by atomic mass is 127. The summed E-state index contributed by atoms with van der Waals surface area (Å²) in [7, 11) is 0. The zero-order chi connectivity index (χ0) is 26.4. The Morgan fingerprint density at radius 2 is 1.84 bits per heavy atom. The second-order valence-electron chi connectivity index (χ2n) is 10.9. The molecule has 2 heterocycles. The molecule has 0 bridgehead atoms. The maximum absolute atomic E-state index is 13.8. The SMILES string of the molecule is O=C(OC1CC(C(=O)N2CCCC2C(=O)NCCO)=CC2OC(C3CC3)(C3CC3)OC21)c1ccccc1I. The van der Waals surface area contributed by atoms with Gasteiger partial charge in [0.05, 0.1) is 12.2 Å². The number of carbonyl (C=O) groups excluding carboxylic acids is 3. The van der Waals surface area contributed by atoms with Crippen LogP contribution in [0.5, 0.6) is 0 Å². The average molecular weight is 636 g/mol. The van der Waals surface area contributed by atoms with Crippen molar-refractivity contribution in [3.05, 3.63) is 45.0 Å². The van der Waals surface area contributed by atoms with E-state index in [2.05, 4.69) is 27.9 Å². The molecular weight excluding hydrogens is 603 g/mol. The van der Waals surface area contributed by atoms with Crippen molar-refractivity contribution in [1.29, 1.82) is 0 Å². The molecule has 9 nitrogen and oxygen atoms in total. The number of benzene rings is 1. The quantitative estimate of drug-likeness (QED) is 0.333. The van der Waals surface area contributed by atoms with E-state index in [1.165, 1.54) is 0 Å². The maximum Gasteiger partial charge on any atom is 0.339 e. The minimum absolute atomic E-state index is 0.149. The van der Waals surface area contributed by atoms with Gasteiger partial charge in [0.15, 0.2) is 5.79 Å². The van der Waals surface area contributed by atoms with E-state index in [0.717, 1.165) is 35.7 Å². The molecule has 6 rings (SSSR count). The number of hydrogen-bond acceptors (Lipinski definition) is 7. The molecule has 10 heteroatoms. The number of nitrogens with one attached hydrogen (secondary N) is 1. The second-order valence-corrected chi connectivity index (χ2v) is 12.1. The first-order valence-electron chi connectivity index (χ1n) is 13.6. The Morgan fingerprint density at radius 3 is 2.53 bits per heavy atom. The highest BCUT2D eigenvalue weighted by molar-refractivity contribution is 14.1. The molecule has 2 saturated carbocycles. The molecule has 1 aromatic rings. The number of hydrogen-bond donors (Lipinski definition) is 2. The molecular formula is C28H33IN2O7. The van der Waals surface area contributed by atoms with Crippen molar-refractivity contribution in [2.45, 2.75) is 75.1 Å². The van der Waals surface area contributed by atoms with Crippen LogP contribution in [0.25, 0.3) is 0 Å². The van der Waals surface area contributed by atoms with Gasteiger partial charge in [-0.1, -0.05) is 12.1 Å². The van der Waals surface area contributed by atoms with Gasteiger partial charge in [-0.3, -0.25) is 9.59 Å². The Labute approximate surface area is 235 Å². The van der Waals surface area contributed by atoms with Gasteiger partial charge in [-0.05, 0) is 79.3 Å². The number of aliphatic hydroxyl groups is 1. The van der Waals surface area contributed by atoms with Gasteiger partial charge in [0.25, 0.3) is 0 Å². The van der Waals surface area contributed by atoms with Gasteiger partial charge in [0.2, 0.25) is 11.8 Å². The predicted molar refractivity (Wildman–Crippen MR) is 144 cm³/mol. The second kappa shape index (κ2) is 10.5. The van der Waals surface area contributed by atoms with E-state index in [0.29, 0.717) is 35.9 Å². The van der Waals surface area contributed by atoms with Crippen molar-refractivity contribution in [2.24, 2.45) is 11.8 Å². The van der Waals surface area contributed by atoms with Crippen molar-refractivity contribution in [3.8, 4) is 0 Å². The van der Waals surface area contributed by atoms with Crippen molar-refractivity contribution >= 4 is 40.4 Å². The van der Waals surface area contributed by atoms with Crippen molar-refractivity contribution in [2.75, 3.05) is 19.7 Å². The Kier molecular flexibility index (Phi) is 7.25. The molecule has 4 unspecified atom stereocenters. The van der Waals surface area contributed by atoms with Crippen LogP contribution in [-0.2, 0) is 23.8 Å². The van der Waals surface area contributed by atoms with Gasteiger partial charge in [0.1, 0.15) is 24.4 Å². The first-order valence-corrected chi connectivity index (χ1v) is 14.7. The summed E-state index contributed by atoms with van der Waals surface area (Å²) in [4.78, 5) is 41.3. The lowest BCUT2D eigenvalue weighted by Crippen LogP contribution is -2.49. The highest BCUT2D eigenvalue weighted by Crippen LogP contribution is 2.59. The van der Waals surface area contributed by atoms with E-state index in [4.69, 9.17) is 19.3 Å². The Hall–Kier alpha value is -2.02. The Morgan fingerprint density at radius 1 is 1.11 bits per heavy atom. The van der Waals surface area contributed by atoms with E-state index >= 15 is 0 Å². The standard InChI is InChI=1S/C28H33IN2O7/c29-20-5-2-1-4-19(20)27(35)36-22-14-16(26(34)31-12-3-6-21(31)25(33)30-11-13-32)15-23-24(22)38-28(37-23,17-7-8-17)18-9-10-18/h1-2,4-5,15,17-18,21-24,32H,3,6-14H2,(H,30,33). The van der Waals surface area contributed by atoms with Crippen LogP contribution >= 0.6 is 22.6 Å². The third kappa shape index (κ3) is 4.89. The molecule has 38 heavy (non-hydrogen) atoms. The van der Waals surface area contributed by atoms with E-state index in [1.807, 2.05) is 18.2 Å². The number of amides is 2. The number of esters is 1. The van der Waals surface area contributed by atoms with Crippen LogP contribution in [0, 0.1) is 15.4 Å². The van der Waals surface area contributed by atoms with Crippen LogP contribution in [0.1, 0.15) is 55.3 Å². The number of fused-ring (bicyclic) bond motifs is 1. The molecule has 204 valence electrons. The summed E-state index contributed by atoms with van der Waals surface area (Å²) in [6.45, 7) is 0.463. The van der Waals surface area contributed by atoms with Gasteiger partial charge in [-0.25, -0.2) is 4.79 Å². The summed E-state index contributed by atoms with van der Waals surface area (Å²) in [5.74, 6) is -0.956. The van der Waals surface area contributed by atoms with Gasteiger partial charge in [-0.2, -0.15) is 0 Å². The average Bonchev–Trinajstić information content (AvgIpc) is 3.86. The molecule has 2 amide bonds. The molecule has 4 atom stereocenters. The summed E-state index contributed by atoms with van der Waals surface area (Å²) >= 11 is 2.12. The van der Waals surface area contributed by atoms with Gasteiger partial charge < -0.3 is 29.5 Å². The van der Waals surface area contributed by atoms with Crippen molar-refractivity contribution in [1.82, 2.24) is 10.2 Å². The molecule has 1 aromatic carbocycles. The van der Waals surface area contributed by atoms with Crippen LogP contribution in [0.4, 0.5) is 0 Å². The lowest BCUT2D eigenvalue weighted by molar-refractivity contribution is -0.209. The maximum atomic E-state index is 13.8. The summed E-state index contributed by atoms with van der Waals surface area (Å²) in [6.07, 6.45) is 5.87. The molecule has 3 aliphatic carbocycles. The minimum Gasteiger partial charge on any atom is -0.455 e. The third-order valence-electron chi connectivity index (χ3n) is 8.26. The van der Waals surface area contributed by atoms with Crippen LogP contribution in [0.3, 0.4) is 0 Å². The molecule has 0 radical (unpaired) electrons. The van der Waals surface area contributed by atoms with E-state index in [-0.39, 0.29) is 31.4 Å². The molecule has 0 aromatic heterocycles. The number of aliphatic hydroxyl groups excluding tert-OH is 1. The van der Waals surface area contributed by atoms with E-state index < -0.39 is 36.1 Å². The number of ether oxygens (including phenoxy) is 3. The van der Waals surface area contributed by atoms with Crippen molar-refractivity contribution in [3.63, 3.8) is 0 Å². The molecule has 2 saturated heterocycles. The fourth-order valence-corrected chi connectivity index (χ4v) is 6.76. The molecule has 5 aliphatic rings. The van der Waals surface area contributed by atoms with Gasteiger partial charge >= 0.3 is 5.97 Å². The Balaban J connectivity index is 1.27. The number of rotatable bonds is 8. The minimum atomic E-state index is -0.684. The monoisotopic (exact) mass is 636 g/mol. The van der Waals surface area contributed by atoms with E-state index in [1.54, 1.807) is 17.0 Å². The number of carbonyl (C=O) groups is 3. The molecule has 2 N–H and O–H groups in total. The predicted octanol–water partition coefficient (Wildman–Crippen LogP) is 2.55. The zero-order valence-electron chi connectivity index (χ0n) is 21.1. The van der Waals surface area contributed by atoms with Crippen LogP contribution in [-0.4, -0.2) is 77.6 Å². The molecule has 0 spiro atoms. The van der Waals surface area contributed by atoms with Crippen LogP contribution in [0.15, 0.2) is 35.9 Å². The normalized spacial score (nSPS) is 29.9. The number of halogens is 1. The first-order chi connectivity index (χ1) is 18.4. The molecule has 2 aliphatic heterocycles. The fraction of sp³-hybridized carbons (Fsp3) is 0.607. The van der Waals surface area contributed by atoms with Crippen molar-refractivity contribution < 1.29 is 33.7 Å². The first kappa shape index (κ1) is 26.2. The summed E-state index contributed by atoms with van der Waals surface area (Å²) in [6, 6.07) is 6.66. The van der Waals surface area contributed by atoms with Gasteiger partial charge in [0, 0.05) is 40.5 Å². The summed E-state index contributed by atoms with van der Waals surface area (Å²) in [5.41, 5.74) is 0.960. The lowest BCUT2D eigenvalue weighted by Gasteiger charge is -2.33. The molecule has 4 fully saturated rings. The van der Waals surface area contributed by atoms with Gasteiger partial charge in [-0.15, -0.1) is 0 Å². The highest BCUT2D eigenvalue weighted by Gasteiger charge is 2.64.